The Kier molecular flexibility index (Phi) is 4.90. The van der Waals surface area contributed by atoms with Gasteiger partial charge in [-0.3, -0.25) is 9.48 Å². The van der Waals surface area contributed by atoms with Crippen molar-refractivity contribution in [1.82, 2.24) is 15.1 Å². The van der Waals surface area contributed by atoms with E-state index in [0.29, 0.717) is 18.2 Å². The average Bonchev–Trinajstić information content (AvgIpc) is 3.22. The Bertz CT molecular complexity index is 992. The molecule has 4 rings (SSSR count). The highest BCUT2D eigenvalue weighted by Crippen LogP contribution is 2.35. The molecule has 0 radical (unpaired) electrons. The third kappa shape index (κ3) is 3.28. The Morgan fingerprint density at radius 3 is 2.54 bits per heavy atom. The van der Waals surface area contributed by atoms with Crippen LogP contribution in [-0.2, 0) is 13.0 Å². The van der Waals surface area contributed by atoms with Gasteiger partial charge in [-0.15, -0.1) is 0 Å². The summed E-state index contributed by atoms with van der Waals surface area (Å²) < 4.78 is 7.32. The van der Waals surface area contributed by atoms with Crippen molar-refractivity contribution >= 4 is 5.91 Å². The van der Waals surface area contributed by atoms with Gasteiger partial charge in [0, 0.05) is 11.1 Å². The van der Waals surface area contributed by atoms with Crippen LogP contribution in [0.25, 0.3) is 0 Å². The zero-order chi connectivity index (χ0) is 19.7. The Labute approximate surface area is 165 Å². The van der Waals surface area contributed by atoms with Gasteiger partial charge in [0.25, 0.3) is 5.91 Å². The molecular weight excluding hydrogens is 350 g/mol. The molecule has 1 aliphatic heterocycles. The first-order valence-electron chi connectivity index (χ1n) is 9.65. The van der Waals surface area contributed by atoms with E-state index in [-0.39, 0.29) is 11.9 Å². The lowest BCUT2D eigenvalue weighted by Gasteiger charge is -2.14. The number of ether oxygens (including phenoxy) is 1. The van der Waals surface area contributed by atoms with Crippen LogP contribution in [0.3, 0.4) is 0 Å². The Hall–Kier alpha value is -3.08. The molecule has 1 N–H and O–H groups in total. The predicted molar refractivity (Wildman–Crippen MR) is 109 cm³/mol. The fourth-order valence-corrected chi connectivity index (χ4v) is 3.88. The minimum Gasteiger partial charge on any atom is -0.496 e. The van der Waals surface area contributed by atoms with Crippen molar-refractivity contribution in [2.24, 2.45) is 5.92 Å². The predicted octanol–water partition coefficient (Wildman–Crippen LogP) is 3.97. The fraction of sp³-hybridized carbons (Fsp3) is 0.304. The van der Waals surface area contributed by atoms with Gasteiger partial charge in [-0.1, -0.05) is 62.4 Å². The van der Waals surface area contributed by atoms with Crippen molar-refractivity contribution in [3.63, 3.8) is 0 Å². The largest absolute Gasteiger partial charge is 0.496 e. The van der Waals surface area contributed by atoms with Gasteiger partial charge >= 0.3 is 0 Å². The first-order valence-corrected chi connectivity index (χ1v) is 9.65. The summed E-state index contributed by atoms with van der Waals surface area (Å²) in [7, 11) is 1.66. The molecule has 5 nitrogen and oxygen atoms in total. The van der Waals surface area contributed by atoms with Gasteiger partial charge in [-0.25, -0.2) is 0 Å². The summed E-state index contributed by atoms with van der Waals surface area (Å²) in [6.07, 6.45) is 0.833. The molecule has 0 aliphatic carbocycles. The lowest BCUT2D eigenvalue weighted by Crippen LogP contribution is -2.23. The molecule has 1 amide bonds. The van der Waals surface area contributed by atoms with Gasteiger partial charge in [0.2, 0.25) is 0 Å². The molecule has 0 saturated heterocycles. The normalized spacial score (nSPS) is 15.6. The molecule has 28 heavy (non-hydrogen) atoms. The van der Waals surface area contributed by atoms with Crippen molar-refractivity contribution in [3.05, 3.63) is 82.7 Å². The quantitative estimate of drug-likeness (QED) is 0.709. The smallest absolute Gasteiger partial charge is 0.270 e. The summed E-state index contributed by atoms with van der Waals surface area (Å²) in [5.74, 6) is 1.18. The van der Waals surface area contributed by atoms with E-state index in [0.717, 1.165) is 34.6 Å². The van der Waals surface area contributed by atoms with Crippen LogP contribution in [0.1, 0.15) is 52.8 Å². The molecule has 1 atom stereocenters. The van der Waals surface area contributed by atoms with Gasteiger partial charge in [0.05, 0.1) is 25.4 Å². The number of carbonyl (C=O) groups is 1. The maximum Gasteiger partial charge on any atom is 0.270 e. The number of benzene rings is 2. The summed E-state index contributed by atoms with van der Waals surface area (Å²) in [6, 6.07) is 17.8. The molecule has 0 fully saturated rings. The lowest BCUT2D eigenvalue weighted by molar-refractivity contribution is 0.0950. The van der Waals surface area contributed by atoms with E-state index in [1.807, 2.05) is 47.1 Å². The minimum absolute atomic E-state index is 0.0683. The number of para-hydroxylation sites is 1. The molecule has 1 aromatic heterocycles. The first-order chi connectivity index (χ1) is 13.6. The highest BCUT2D eigenvalue weighted by atomic mass is 16.5. The molecule has 0 saturated carbocycles. The van der Waals surface area contributed by atoms with Gasteiger partial charge in [0.1, 0.15) is 11.4 Å². The van der Waals surface area contributed by atoms with Crippen molar-refractivity contribution < 1.29 is 9.53 Å². The number of nitrogens with one attached hydrogen (secondary N) is 1. The second kappa shape index (κ2) is 7.50. The van der Waals surface area contributed by atoms with Crippen molar-refractivity contribution in [2.75, 3.05) is 7.11 Å². The van der Waals surface area contributed by atoms with Crippen LogP contribution in [0.15, 0.2) is 54.6 Å². The standard InChI is InChI=1S/C23H25N3O2/c1-15(2)13-18-20-21(16-9-5-4-6-10-16)24-23(27)22(20)26(25-18)14-17-11-7-8-12-19(17)28-3/h4-12,15,21H,13-14H2,1-3H3,(H,24,27). The van der Waals surface area contributed by atoms with E-state index in [2.05, 4.69) is 31.3 Å². The molecule has 2 heterocycles. The molecule has 0 bridgehead atoms. The zero-order valence-electron chi connectivity index (χ0n) is 16.5. The maximum atomic E-state index is 12.9. The number of nitrogens with zero attached hydrogens (tertiary/aromatic N) is 2. The number of methoxy groups -OCH3 is 1. The minimum atomic E-state index is -0.149. The zero-order valence-corrected chi connectivity index (χ0v) is 16.5. The van der Waals surface area contributed by atoms with E-state index < -0.39 is 0 Å². The van der Waals surface area contributed by atoms with E-state index >= 15 is 0 Å². The molecule has 144 valence electrons. The molecule has 5 heteroatoms. The Morgan fingerprint density at radius 1 is 1.11 bits per heavy atom. The van der Waals surface area contributed by atoms with Gasteiger partial charge < -0.3 is 10.1 Å². The monoisotopic (exact) mass is 375 g/mol. The van der Waals surface area contributed by atoms with Crippen LogP contribution in [0.2, 0.25) is 0 Å². The summed E-state index contributed by atoms with van der Waals surface area (Å²) in [5.41, 5.74) is 4.75. The van der Waals surface area contributed by atoms with E-state index in [9.17, 15) is 4.79 Å². The summed E-state index contributed by atoms with van der Waals surface area (Å²) in [5, 5.41) is 8.02. The van der Waals surface area contributed by atoms with Crippen LogP contribution in [0.4, 0.5) is 0 Å². The molecule has 1 aliphatic rings. The van der Waals surface area contributed by atoms with Crippen molar-refractivity contribution in [3.8, 4) is 5.75 Å². The SMILES string of the molecule is COc1ccccc1Cn1nc(CC(C)C)c2c1C(=O)NC2c1ccccc1. The fourth-order valence-electron chi connectivity index (χ4n) is 3.88. The van der Waals surface area contributed by atoms with Gasteiger partial charge in [-0.05, 0) is 24.0 Å². The van der Waals surface area contributed by atoms with E-state index in [1.54, 1.807) is 7.11 Å². The summed E-state index contributed by atoms with van der Waals surface area (Å²) in [4.78, 5) is 12.9. The third-order valence-electron chi connectivity index (χ3n) is 5.09. The third-order valence-corrected chi connectivity index (χ3v) is 5.09. The second-order valence-electron chi connectivity index (χ2n) is 7.59. The summed E-state index contributed by atoms with van der Waals surface area (Å²) in [6.45, 7) is 4.85. The van der Waals surface area contributed by atoms with Crippen molar-refractivity contribution in [2.45, 2.75) is 32.9 Å². The van der Waals surface area contributed by atoms with Crippen LogP contribution in [0.5, 0.6) is 5.75 Å². The first kappa shape index (κ1) is 18.3. The number of rotatable bonds is 6. The topological polar surface area (TPSA) is 56.2 Å². The lowest BCUT2D eigenvalue weighted by atomic mass is 9.96. The number of fused-ring (bicyclic) bond motifs is 1. The highest BCUT2D eigenvalue weighted by molar-refractivity contribution is 5.98. The molecule has 0 spiro atoms. The highest BCUT2D eigenvalue weighted by Gasteiger charge is 2.37. The van der Waals surface area contributed by atoms with Crippen molar-refractivity contribution in [1.29, 1.82) is 0 Å². The number of hydrogen-bond acceptors (Lipinski definition) is 3. The molecule has 3 aromatic rings. The van der Waals surface area contributed by atoms with Crippen LogP contribution < -0.4 is 10.1 Å². The summed E-state index contributed by atoms with van der Waals surface area (Å²) >= 11 is 0. The number of aromatic nitrogens is 2. The van der Waals surface area contributed by atoms with E-state index in [1.165, 1.54) is 0 Å². The van der Waals surface area contributed by atoms with Gasteiger partial charge in [-0.2, -0.15) is 5.10 Å². The number of amides is 1. The Morgan fingerprint density at radius 2 is 1.82 bits per heavy atom. The van der Waals surface area contributed by atoms with Crippen LogP contribution >= 0.6 is 0 Å². The van der Waals surface area contributed by atoms with Crippen LogP contribution in [-0.4, -0.2) is 22.8 Å². The molecular formula is C23H25N3O2. The average molecular weight is 375 g/mol. The number of hydrogen-bond donors (Lipinski definition) is 1. The second-order valence-corrected chi connectivity index (χ2v) is 7.59. The molecule has 1 unspecified atom stereocenters. The van der Waals surface area contributed by atoms with E-state index in [4.69, 9.17) is 9.84 Å². The Balaban J connectivity index is 1.81. The van der Waals surface area contributed by atoms with Crippen LogP contribution in [0, 0.1) is 5.92 Å². The maximum absolute atomic E-state index is 12.9. The number of carbonyl (C=O) groups excluding carboxylic acids is 1. The van der Waals surface area contributed by atoms with Gasteiger partial charge in [0.15, 0.2) is 0 Å². The molecule has 2 aromatic carbocycles.